The van der Waals surface area contributed by atoms with Gasteiger partial charge in [0, 0.05) is 11.1 Å². The van der Waals surface area contributed by atoms with E-state index < -0.39 is 0 Å². The molecule has 3 rings (SSSR count). The minimum Gasteiger partial charge on any atom is -0.392 e. The fourth-order valence-corrected chi connectivity index (χ4v) is 2.27. The highest BCUT2D eigenvalue weighted by Crippen LogP contribution is 2.25. The maximum absolute atomic E-state index is 13.4. The summed E-state index contributed by atoms with van der Waals surface area (Å²) in [6.45, 7) is -0.173. The average molecular weight is 297 g/mol. The van der Waals surface area contributed by atoms with Crippen molar-refractivity contribution in [3.8, 4) is 22.5 Å². The van der Waals surface area contributed by atoms with Gasteiger partial charge < -0.3 is 5.11 Å². The second-order valence-electron chi connectivity index (χ2n) is 4.92. The Balaban J connectivity index is 2.14. The van der Waals surface area contributed by atoms with Gasteiger partial charge in [0.15, 0.2) is 0 Å². The molecule has 0 atom stereocenters. The molecular weight excluding hydrogens is 284 g/mol. The van der Waals surface area contributed by atoms with E-state index in [1.807, 2.05) is 0 Å². The van der Waals surface area contributed by atoms with Gasteiger partial charge in [-0.1, -0.05) is 24.3 Å². The number of aromatic nitrogens is 1. The maximum Gasteiger partial charge on any atom is 0.123 e. The summed E-state index contributed by atoms with van der Waals surface area (Å²) in [6, 6.07) is 15.5. The molecule has 1 heterocycles. The highest BCUT2D eigenvalue weighted by molar-refractivity contribution is 5.67. The van der Waals surface area contributed by atoms with E-state index in [-0.39, 0.29) is 18.2 Å². The summed E-state index contributed by atoms with van der Waals surface area (Å²) < 4.78 is 26.8. The number of benzene rings is 2. The van der Waals surface area contributed by atoms with Crippen LogP contribution in [0.1, 0.15) is 5.56 Å². The van der Waals surface area contributed by atoms with E-state index >= 15 is 0 Å². The first kappa shape index (κ1) is 14.4. The summed E-state index contributed by atoms with van der Waals surface area (Å²) in [5.41, 5.74) is 2.91. The monoisotopic (exact) mass is 297 g/mol. The number of halogens is 2. The van der Waals surface area contributed by atoms with Gasteiger partial charge in [0.25, 0.3) is 0 Å². The summed E-state index contributed by atoms with van der Waals surface area (Å²) in [4.78, 5) is 4.46. The van der Waals surface area contributed by atoms with E-state index in [0.717, 1.165) is 0 Å². The van der Waals surface area contributed by atoms with E-state index in [2.05, 4.69) is 4.98 Å². The van der Waals surface area contributed by atoms with Crippen LogP contribution in [0.2, 0.25) is 0 Å². The number of aliphatic hydroxyl groups excluding tert-OH is 1. The molecule has 22 heavy (non-hydrogen) atoms. The number of hydrogen-bond acceptors (Lipinski definition) is 2. The lowest BCUT2D eigenvalue weighted by Gasteiger charge is -2.08. The lowest BCUT2D eigenvalue weighted by molar-refractivity contribution is 0.282. The number of hydrogen-bond donors (Lipinski definition) is 1. The fraction of sp³-hybridized carbons (Fsp3) is 0.0556. The fourth-order valence-electron chi connectivity index (χ4n) is 2.27. The largest absolute Gasteiger partial charge is 0.392 e. The minimum absolute atomic E-state index is 0.173. The molecular formula is C18H13F2NO. The topological polar surface area (TPSA) is 33.1 Å². The van der Waals surface area contributed by atoms with Gasteiger partial charge in [-0.05, 0) is 42.0 Å². The van der Waals surface area contributed by atoms with Crippen molar-refractivity contribution in [1.82, 2.24) is 4.98 Å². The van der Waals surface area contributed by atoms with Crippen molar-refractivity contribution < 1.29 is 13.9 Å². The Bertz CT molecular complexity index is 754. The zero-order valence-electron chi connectivity index (χ0n) is 11.6. The van der Waals surface area contributed by atoms with Gasteiger partial charge >= 0.3 is 0 Å². The first-order valence-corrected chi connectivity index (χ1v) is 6.79. The van der Waals surface area contributed by atoms with Gasteiger partial charge in [0.05, 0.1) is 18.0 Å². The van der Waals surface area contributed by atoms with Crippen LogP contribution >= 0.6 is 0 Å². The zero-order chi connectivity index (χ0) is 15.5. The maximum atomic E-state index is 13.4. The lowest BCUT2D eigenvalue weighted by atomic mass is 10.0. The van der Waals surface area contributed by atoms with E-state index in [0.29, 0.717) is 28.1 Å². The quantitative estimate of drug-likeness (QED) is 0.786. The predicted octanol–water partition coefficient (Wildman–Crippen LogP) is 4.19. The Labute approximate surface area is 126 Å². The molecule has 4 heteroatoms. The van der Waals surface area contributed by atoms with Crippen molar-refractivity contribution in [2.24, 2.45) is 0 Å². The Morgan fingerprint density at radius 1 is 0.773 bits per heavy atom. The van der Waals surface area contributed by atoms with E-state index in [1.54, 1.807) is 36.4 Å². The first-order chi connectivity index (χ1) is 10.7. The van der Waals surface area contributed by atoms with Gasteiger partial charge in [0.2, 0.25) is 0 Å². The van der Waals surface area contributed by atoms with Gasteiger partial charge in [-0.15, -0.1) is 0 Å². The third-order valence-electron chi connectivity index (χ3n) is 3.31. The van der Waals surface area contributed by atoms with Crippen LogP contribution in [0.4, 0.5) is 8.78 Å². The molecule has 0 bridgehead atoms. The molecule has 0 aliphatic carbocycles. The smallest absolute Gasteiger partial charge is 0.123 e. The summed E-state index contributed by atoms with van der Waals surface area (Å²) in [6.07, 6.45) is 0. The van der Waals surface area contributed by atoms with Crippen molar-refractivity contribution in [3.63, 3.8) is 0 Å². The lowest BCUT2D eigenvalue weighted by Crippen LogP contribution is -1.94. The molecule has 110 valence electrons. The number of rotatable bonds is 3. The van der Waals surface area contributed by atoms with Crippen LogP contribution < -0.4 is 0 Å². The Morgan fingerprint density at radius 2 is 1.27 bits per heavy atom. The molecule has 0 saturated heterocycles. The Morgan fingerprint density at radius 3 is 1.68 bits per heavy atom. The van der Waals surface area contributed by atoms with Crippen LogP contribution in [0.25, 0.3) is 22.5 Å². The van der Waals surface area contributed by atoms with Gasteiger partial charge in [-0.25, -0.2) is 13.8 Å². The van der Waals surface area contributed by atoms with Crippen molar-refractivity contribution in [2.45, 2.75) is 6.61 Å². The molecule has 0 spiro atoms. The minimum atomic E-state index is -0.360. The number of nitrogens with zero attached hydrogens (tertiary/aromatic N) is 1. The summed E-state index contributed by atoms with van der Waals surface area (Å²) >= 11 is 0. The normalized spacial score (nSPS) is 10.7. The van der Waals surface area contributed by atoms with Crippen LogP contribution in [0.3, 0.4) is 0 Å². The van der Waals surface area contributed by atoms with Gasteiger partial charge in [-0.2, -0.15) is 0 Å². The Hall–Kier alpha value is -2.59. The zero-order valence-corrected chi connectivity index (χ0v) is 11.6. The van der Waals surface area contributed by atoms with Crippen LogP contribution in [-0.2, 0) is 6.61 Å². The highest BCUT2D eigenvalue weighted by Gasteiger charge is 2.08. The van der Waals surface area contributed by atoms with Crippen LogP contribution in [0, 0.1) is 11.6 Å². The second-order valence-corrected chi connectivity index (χ2v) is 4.92. The molecule has 0 saturated carbocycles. The second kappa shape index (κ2) is 6.03. The number of aliphatic hydroxyl groups is 1. The van der Waals surface area contributed by atoms with E-state index in [1.165, 1.54) is 24.3 Å². The highest BCUT2D eigenvalue weighted by atomic mass is 19.1. The van der Waals surface area contributed by atoms with E-state index in [4.69, 9.17) is 0 Å². The van der Waals surface area contributed by atoms with E-state index in [9.17, 15) is 13.9 Å². The summed E-state index contributed by atoms with van der Waals surface area (Å²) in [5, 5.41) is 9.41. The van der Waals surface area contributed by atoms with Crippen molar-refractivity contribution in [1.29, 1.82) is 0 Å². The predicted molar refractivity (Wildman–Crippen MR) is 80.9 cm³/mol. The molecule has 0 amide bonds. The standard InChI is InChI=1S/C18H13F2NO/c19-15-5-1-3-13(9-15)17-7-12(11-22)8-18(21-17)14-4-2-6-16(20)10-14/h1-10,22H,11H2. The molecule has 2 nitrogen and oxygen atoms in total. The molecule has 0 radical (unpaired) electrons. The SMILES string of the molecule is OCc1cc(-c2cccc(F)c2)nc(-c2cccc(F)c2)c1. The third kappa shape index (κ3) is 3.02. The molecule has 1 N–H and O–H groups in total. The molecule has 0 fully saturated rings. The molecule has 2 aromatic carbocycles. The van der Waals surface area contributed by atoms with Crippen LogP contribution in [0.5, 0.6) is 0 Å². The average Bonchev–Trinajstić information content (AvgIpc) is 2.54. The summed E-state index contributed by atoms with van der Waals surface area (Å²) in [5.74, 6) is -0.720. The summed E-state index contributed by atoms with van der Waals surface area (Å²) in [7, 11) is 0. The third-order valence-corrected chi connectivity index (χ3v) is 3.31. The van der Waals surface area contributed by atoms with Gasteiger partial charge in [0.1, 0.15) is 11.6 Å². The molecule has 1 aromatic heterocycles. The van der Waals surface area contributed by atoms with Crippen LogP contribution in [0.15, 0.2) is 60.7 Å². The molecule has 0 aliphatic rings. The van der Waals surface area contributed by atoms with Crippen LogP contribution in [-0.4, -0.2) is 10.1 Å². The first-order valence-electron chi connectivity index (χ1n) is 6.79. The Kier molecular flexibility index (Phi) is 3.94. The molecule has 0 aliphatic heterocycles. The van der Waals surface area contributed by atoms with Gasteiger partial charge in [-0.3, -0.25) is 0 Å². The number of pyridine rings is 1. The molecule has 0 unspecified atom stereocenters. The van der Waals surface area contributed by atoms with Crippen molar-refractivity contribution in [2.75, 3.05) is 0 Å². The van der Waals surface area contributed by atoms with Crippen molar-refractivity contribution >= 4 is 0 Å². The van der Waals surface area contributed by atoms with Crippen molar-refractivity contribution in [3.05, 3.63) is 77.9 Å². The molecule has 3 aromatic rings.